The number of carbonyl (C=O) groups is 1. The molecule has 2 aromatic rings. The Bertz CT molecular complexity index is 838. The highest BCUT2D eigenvalue weighted by Crippen LogP contribution is 2.23. The zero-order valence-electron chi connectivity index (χ0n) is 15.4. The third-order valence-electron chi connectivity index (χ3n) is 4.92. The van der Waals surface area contributed by atoms with Crippen LogP contribution in [0.3, 0.4) is 0 Å². The predicted molar refractivity (Wildman–Crippen MR) is 106 cm³/mol. The summed E-state index contributed by atoms with van der Waals surface area (Å²) in [5.41, 5.74) is 1.25. The summed E-state index contributed by atoms with van der Waals surface area (Å²) in [6.45, 7) is 1.33. The van der Waals surface area contributed by atoms with Gasteiger partial charge in [-0.3, -0.25) is 4.79 Å². The van der Waals surface area contributed by atoms with E-state index in [-0.39, 0.29) is 23.3 Å². The first kappa shape index (κ1) is 19.6. The Hall–Kier alpha value is -2.18. The molecule has 6 heteroatoms. The Morgan fingerprint density at radius 2 is 1.70 bits per heavy atom. The van der Waals surface area contributed by atoms with Crippen molar-refractivity contribution in [3.05, 3.63) is 66.2 Å². The summed E-state index contributed by atoms with van der Waals surface area (Å²) < 4.78 is 27.0. The summed E-state index contributed by atoms with van der Waals surface area (Å²) in [5, 5.41) is 2.97. The predicted octanol–water partition coefficient (Wildman–Crippen LogP) is 2.84. The molecule has 0 bridgehead atoms. The lowest BCUT2D eigenvalue weighted by molar-refractivity contribution is -0.126. The van der Waals surface area contributed by atoms with Crippen molar-refractivity contribution in [1.29, 1.82) is 0 Å². The average molecular weight is 387 g/mol. The van der Waals surface area contributed by atoms with Crippen LogP contribution >= 0.6 is 0 Å². The molecule has 0 spiro atoms. The fraction of sp³-hybridized carbons (Fsp3) is 0.381. The summed E-state index contributed by atoms with van der Waals surface area (Å²) in [5.74, 6) is -0.329. The van der Waals surface area contributed by atoms with Crippen LogP contribution in [-0.4, -0.2) is 38.3 Å². The lowest BCUT2D eigenvalue weighted by Crippen LogP contribution is -2.45. The number of aryl methyl sites for hydroxylation is 1. The van der Waals surface area contributed by atoms with E-state index in [1.165, 1.54) is 9.87 Å². The number of nitrogens with zero attached hydrogens (tertiary/aromatic N) is 1. The number of sulfonamides is 1. The minimum absolute atomic E-state index is 0.0453. The minimum atomic E-state index is -3.54. The van der Waals surface area contributed by atoms with E-state index in [1.54, 1.807) is 30.3 Å². The normalized spacial score (nSPS) is 18.1. The maximum absolute atomic E-state index is 12.8. The molecule has 1 amide bonds. The smallest absolute Gasteiger partial charge is 0.243 e. The van der Waals surface area contributed by atoms with Gasteiger partial charge in [0.05, 0.1) is 10.8 Å². The number of amides is 1. The van der Waals surface area contributed by atoms with Gasteiger partial charge in [0, 0.05) is 19.6 Å². The molecule has 2 aromatic carbocycles. The fourth-order valence-electron chi connectivity index (χ4n) is 3.41. The van der Waals surface area contributed by atoms with Gasteiger partial charge in [-0.1, -0.05) is 48.5 Å². The lowest BCUT2D eigenvalue weighted by Gasteiger charge is -2.31. The van der Waals surface area contributed by atoms with E-state index in [0.717, 1.165) is 19.3 Å². The quantitative estimate of drug-likeness (QED) is 0.744. The van der Waals surface area contributed by atoms with Crippen LogP contribution in [0, 0.1) is 5.92 Å². The van der Waals surface area contributed by atoms with E-state index in [1.807, 2.05) is 18.2 Å². The monoisotopic (exact) mass is 386 g/mol. The number of carbonyl (C=O) groups excluding carboxylic acids is 1. The summed E-state index contributed by atoms with van der Waals surface area (Å²) in [7, 11) is -3.54. The second-order valence-electron chi connectivity index (χ2n) is 6.90. The van der Waals surface area contributed by atoms with Gasteiger partial charge in [0.25, 0.3) is 0 Å². The summed E-state index contributed by atoms with van der Waals surface area (Å²) in [6, 6.07) is 18.6. The third-order valence-corrected chi connectivity index (χ3v) is 6.80. The van der Waals surface area contributed by atoms with Gasteiger partial charge in [-0.15, -0.1) is 0 Å². The van der Waals surface area contributed by atoms with Crippen LogP contribution in [0.5, 0.6) is 0 Å². The Balaban J connectivity index is 1.51. The number of hydrogen-bond donors (Lipinski definition) is 1. The van der Waals surface area contributed by atoms with Gasteiger partial charge in [0.15, 0.2) is 0 Å². The highest BCUT2D eigenvalue weighted by atomic mass is 32.2. The Morgan fingerprint density at radius 3 is 2.41 bits per heavy atom. The van der Waals surface area contributed by atoms with Gasteiger partial charge < -0.3 is 5.32 Å². The van der Waals surface area contributed by atoms with Crippen LogP contribution in [0.4, 0.5) is 0 Å². The van der Waals surface area contributed by atoms with Crippen molar-refractivity contribution >= 4 is 15.9 Å². The Kier molecular flexibility index (Phi) is 6.63. The molecule has 1 aliphatic heterocycles. The molecular weight excluding hydrogens is 360 g/mol. The van der Waals surface area contributed by atoms with Crippen molar-refractivity contribution in [3.63, 3.8) is 0 Å². The van der Waals surface area contributed by atoms with Crippen molar-refractivity contribution in [2.75, 3.05) is 19.6 Å². The number of piperidine rings is 1. The Labute approximate surface area is 161 Å². The minimum Gasteiger partial charge on any atom is -0.356 e. The zero-order valence-corrected chi connectivity index (χ0v) is 16.2. The standard InChI is InChI=1S/C21H26N2O3S/c24-21(22-15-7-11-18-9-3-1-4-10-18)19-12-8-16-23(17-19)27(25,26)20-13-5-2-6-14-20/h1-6,9-10,13-14,19H,7-8,11-12,15-17H2,(H,22,24)/t19-/m1/s1. The van der Waals surface area contributed by atoms with E-state index in [0.29, 0.717) is 19.5 Å². The summed E-state index contributed by atoms with van der Waals surface area (Å²) in [4.78, 5) is 12.8. The third kappa shape index (κ3) is 5.17. The maximum Gasteiger partial charge on any atom is 0.243 e. The highest BCUT2D eigenvalue weighted by molar-refractivity contribution is 7.89. The molecule has 1 atom stereocenters. The number of nitrogens with one attached hydrogen (secondary N) is 1. The molecule has 144 valence electrons. The van der Waals surface area contributed by atoms with Crippen LogP contribution in [0.1, 0.15) is 24.8 Å². The van der Waals surface area contributed by atoms with Crippen LogP contribution in [0.25, 0.3) is 0 Å². The van der Waals surface area contributed by atoms with Crippen molar-refractivity contribution < 1.29 is 13.2 Å². The summed E-state index contributed by atoms with van der Waals surface area (Å²) in [6.07, 6.45) is 3.22. The molecule has 1 fully saturated rings. The molecule has 27 heavy (non-hydrogen) atoms. The Morgan fingerprint density at radius 1 is 1.04 bits per heavy atom. The van der Waals surface area contributed by atoms with Crippen molar-refractivity contribution in [1.82, 2.24) is 9.62 Å². The van der Waals surface area contributed by atoms with Gasteiger partial charge in [-0.25, -0.2) is 8.42 Å². The first-order valence-corrected chi connectivity index (χ1v) is 10.9. The molecule has 1 N–H and O–H groups in total. The fourth-order valence-corrected chi connectivity index (χ4v) is 4.95. The van der Waals surface area contributed by atoms with Gasteiger partial charge in [0.2, 0.25) is 15.9 Å². The average Bonchev–Trinajstić information content (AvgIpc) is 2.72. The topological polar surface area (TPSA) is 66.5 Å². The first-order valence-electron chi connectivity index (χ1n) is 9.44. The van der Waals surface area contributed by atoms with Crippen LogP contribution < -0.4 is 5.32 Å². The van der Waals surface area contributed by atoms with Crippen LogP contribution in [-0.2, 0) is 21.2 Å². The SMILES string of the molecule is O=C(NCCCc1ccccc1)[C@@H]1CCCN(S(=O)(=O)c2ccccc2)C1. The lowest BCUT2D eigenvalue weighted by atomic mass is 9.99. The second-order valence-corrected chi connectivity index (χ2v) is 8.83. The van der Waals surface area contributed by atoms with E-state index in [9.17, 15) is 13.2 Å². The van der Waals surface area contributed by atoms with E-state index < -0.39 is 10.0 Å². The van der Waals surface area contributed by atoms with E-state index in [2.05, 4.69) is 17.4 Å². The van der Waals surface area contributed by atoms with Crippen molar-refractivity contribution in [2.45, 2.75) is 30.6 Å². The number of hydrogen-bond acceptors (Lipinski definition) is 3. The van der Waals surface area contributed by atoms with E-state index in [4.69, 9.17) is 0 Å². The molecular formula is C21H26N2O3S. The molecule has 0 unspecified atom stereocenters. The van der Waals surface area contributed by atoms with Gasteiger partial charge in [-0.2, -0.15) is 4.31 Å². The van der Waals surface area contributed by atoms with E-state index >= 15 is 0 Å². The molecule has 0 radical (unpaired) electrons. The highest BCUT2D eigenvalue weighted by Gasteiger charge is 2.33. The second kappa shape index (κ2) is 9.15. The molecule has 0 aromatic heterocycles. The number of benzene rings is 2. The van der Waals surface area contributed by atoms with Crippen LogP contribution in [0.15, 0.2) is 65.6 Å². The first-order chi connectivity index (χ1) is 13.1. The summed E-state index contributed by atoms with van der Waals surface area (Å²) >= 11 is 0. The molecule has 5 nitrogen and oxygen atoms in total. The van der Waals surface area contributed by atoms with Gasteiger partial charge in [0.1, 0.15) is 0 Å². The molecule has 0 saturated carbocycles. The molecule has 0 aliphatic carbocycles. The maximum atomic E-state index is 12.8. The van der Waals surface area contributed by atoms with Crippen molar-refractivity contribution in [2.24, 2.45) is 5.92 Å². The largest absolute Gasteiger partial charge is 0.356 e. The van der Waals surface area contributed by atoms with Gasteiger partial charge >= 0.3 is 0 Å². The molecule has 1 aliphatic rings. The van der Waals surface area contributed by atoms with Gasteiger partial charge in [-0.05, 0) is 43.4 Å². The van der Waals surface area contributed by atoms with Crippen molar-refractivity contribution in [3.8, 4) is 0 Å². The number of rotatable bonds is 7. The van der Waals surface area contributed by atoms with Crippen LogP contribution in [0.2, 0.25) is 0 Å². The zero-order chi connectivity index (χ0) is 19.1. The molecule has 1 heterocycles. The molecule has 3 rings (SSSR count). The molecule has 1 saturated heterocycles.